The Kier molecular flexibility index (Phi) is 5.38. The summed E-state index contributed by atoms with van der Waals surface area (Å²) in [7, 11) is -1.78. The Labute approximate surface area is 176 Å². The smallest absolute Gasteiger partial charge is 0.266 e. The lowest BCUT2D eigenvalue weighted by Gasteiger charge is -2.14. The molecule has 0 aliphatic rings. The minimum atomic E-state index is -3.37. The van der Waals surface area contributed by atoms with Crippen LogP contribution in [0.25, 0.3) is 32.1 Å². The molecule has 0 spiro atoms. The van der Waals surface area contributed by atoms with Crippen molar-refractivity contribution >= 4 is 53.8 Å². The number of thiophene rings is 1. The molecule has 0 aliphatic carbocycles. The van der Waals surface area contributed by atoms with Crippen molar-refractivity contribution < 1.29 is 13.2 Å². The van der Waals surface area contributed by atoms with Crippen LogP contribution in [-0.4, -0.2) is 32.1 Å². The Morgan fingerprint density at radius 3 is 2.55 bits per heavy atom. The maximum Gasteiger partial charge on any atom is 0.266 e. The molecular weight excluding hydrogens is 430 g/mol. The number of aromatic amines is 1. The number of methoxy groups -OCH3 is 1. The predicted octanol–water partition coefficient (Wildman–Crippen LogP) is 4.82. The first-order valence-corrected chi connectivity index (χ1v) is 12.0. The molecule has 0 saturated heterocycles. The van der Waals surface area contributed by atoms with Gasteiger partial charge in [-0.25, -0.2) is 8.42 Å². The first-order chi connectivity index (χ1) is 14.0. The van der Waals surface area contributed by atoms with Crippen molar-refractivity contribution in [2.24, 2.45) is 0 Å². The van der Waals surface area contributed by atoms with E-state index in [-0.39, 0.29) is 16.2 Å². The number of sulfone groups is 1. The molecular formula is C21H18ClNO4S2. The van der Waals surface area contributed by atoms with Gasteiger partial charge in [-0.3, -0.25) is 4.79 Å². The lowest BCUT2D eigenvalue weighted by Crippen LogP contribution is -2.07. The summed E-state index contributed by atoms with van der Waals surface area (Å²) >= 11 is 7.02. The summed E-state index contributed by atoms with van der Waals surface area (Å²) in [6.07, 6.45) is 0.409. The number of fused-ring (bicyclic) bond motifs is 3. The number of benzene rings is 2. The van der Waals surface area contributed by atoms with Gasteiger partial charge in [0.1, 0.15) is 10.4 Å². The van der Waals surface area contributed by atoms with Gasteiger partial charge in [-0.15, -0.1) is 22.9 Å². The minimum Gasteiger partial charge on any atom is -0.496 e. The fourth-order valence-electron chi connectivity index (χ4n) is 3.48. The Bertz CT molecular complexity index is 1360. The number of nitrogens with one attached hydrogen (secondary N) is 1. The van der Waals surface area contributed by atoms with Crippen molar-refractivity contribution in [1.29, 1.82) is 0 Å². The maximum absolute atomic E-state index is 12.4. The quantitative estimate of drug-likeness (QED) is 0.430. The molecule has 0 radical (unpaired) electrons. The Balaban J connectivity index is 1.94. The number of alkyl halides is 1. The van der Waals surface area contributed by atoms with Crippen LogP contribution in [0.5, 0.6) is 5.75 Å². The minimum absolute atomic E-state index is 0.0181. The fraction of sp³-hybridized carbons (Fsp3) is 0.190. The maximum atomic E-state index is 12.4. The first-order valence-electron chi connectivity index (χ1n) is 8.95. The van der Waals surface area contributed by atoms with Gasteiger partial charge in [-0.05, 0) is 47.7 Å². The SMILES string of the molecule is COc1ccc2[nH]c(=O)c3sccc3c2c1-c1ccc(S(=O)(=O)CCCCl)cc1. The largest absolute Gasteiger partial charge is 0.496 e. The van der Waals surface area contributed by atoms with E-state index in [9.17, 15) is 13.2 Å². The Morgan fingerprint density at radius 2 is 1.86 bits per heavy atom. The number of ether oxygens (including phenoxy) is 1. The molecule has 4 aromatic rings. The van der Waals surface area contributed by atoms with E-state index >= 15 is 0 Å². The average molecular weight is 448 g/mol. The van der Waals surface area contributed by atoms with Crippen molar-refractivity contribution in [3.05, 3.63) is 58.2 Å². The zero-order valence-electron chi connectivity index (χ0n) is 15.6. The van der Waals surface area contributed by atoms with Crippen LogP contribution in [-0.2, 0) is 9.84 Å². The number of H-pyrrole nitrogens is 1. The molecule has 0 aliphatic heterocycles. The molecule has 0 amide bonds. The lowest BCUT2D eigenvalue weighted by atomic mass is 9.97. The highest BCUT2D eigenvalue weighted by molar-refractivity contribution is 7.91. The van der Waals surface area contributed by atoms with Gasteiger partial charge in [0.15, 0.2) is 9.84 Å². The monoisotopic (exact) mass is 447 g/mol. The van der Waals surface area contributed by atoms with Crippen molar-refractivity contribution in [1.82, 2.24) is 4.98 Å². The first kappa shape index (κ1) is 19.9. The molecule has 2 heterocycles. The third-order valence-corrected chi connectivity index (χ3v) is 7.82. The van der Waals surface area contributed by atoms with E-state index in [1.807, 2.05) is 17.5 Å². The number of pyridine rings is 1. The van der Waals surface area contributed by atoms with E-state index in [1.165, 1.54) is 11.3 Å². The zero-order valence-corrected chi connectivity index (χ0v) is 18.0. The highest BCUT2D eigenvalue weighted by atomic mass is 35.5. The summed E-state index contributed by atoms with van der Waals surface area (Å²) < 4.78 is 31.1. The van der Waals surface area contributed by atoms with Crippen LogP contribution >= 0.6 is 22.9 Å². The molecule has 150 valence electrons. The van der Waals surface area contributed by atoms with Crippen LogP contribution in [0.1, 0.15) is 6.42 Å². The second-order valence-corrected chi connectivity index (χ2v) is 9.97. The molecule has 2 aromatic heterocycles. The molecule has 2 aromatic carbocycles. The van der Waals surface area contributed by atoms with Gasteiger partial charge in [0, 0.05) is 27.7 Å². The van der Waals surface area contributed by atoms with Gasteiger partial charge in [0.05, 0.1) is 17.8 Å². The van der Waals surface area contributed by atoms with E-state index in [0.29, 0.717) is 28.3 Å². The van der Waals surface area contributed by atoms with Gasteiger partial charge in [-0.1, -0.05) is 12.1 Å². The number of aromatic nitrogens is 1. The van der Waals surface area contributed by atoms with Crippen molar-refractivity contribution in [3.63, 3.8) is 0 Å². The molecule has 5 nitrogen and oxygen atoms in total. The van der Waals surface area contributed by atoms with Crippen molar-refractivity contribution in [2.75, 3.05) is 18.7 Å². The van der Waals surface area contributed by atoms with Gasteiger partial charge < -0.3 is 9.72 Å². The van der Waals surface area contributed by atoms with Crippen LogP contribution in [0, 0.1) is 0 Å². The van der Waals surface area contributed by atoms with E-state index in [1.54, 1.807) is 37.4 Å². The third kappa shape index (κ3) is 3.54. The summed E-state index contributed by atoms with van der Waals surface area (Å²) in [5.41, 5.74) is 2.20. The molecule has 29 heavy (non-hydrogen) atoms. The van der Waals surface area contributed by atoms with E-state index < -0.39 is 9.84 Å². The van der Waals surface area contributed by atoms with Crippen LogP contribution in [0.2, 0.25) is 0 Å². The van der Waals surface area contributed by atoms with Crippen LogP contribution in [0.3, 0.4) is 0 Å². The fourth-order valence-corrected chi connectivity index (χ4v) is 5.87. The number of rotatable bonds is 6. The molecule has 4 rings (SSSR count). The highest BCUT2D eigenvalue weighted by Crippen LogP contribution is 2.40. The highest BCUT2D eigenvalue weighted by Gasteiger charge is 2.18. The molecule has 8 heteroatoms. The summed E-state index contributed by atoms with van der Waals surface area (Å²) in [5.74, 6) is 0.971. The standard InChI is InChI=1S/C21H18ClNO4S2/c1-27-17-8-7-16-19(15-9-11-28-20(15)21(24)23-16)18(17)13-3-5-14(6-4-13)29(25,26)12-2-10-22/h3-9,11H,2,10,12H2,1H3,(H,23,24). The second kappa shape index (κ2) is 7.82. The Hall–Kier alpha value is -2.35. The predicted molar refractivity (Wildman–Crippen MR) is 119 cm³/mol. The zero-order chi connectivity index (χ0) is 20.6. The summed E-state index contributed by atoms with van der Waals surface area (Å²) in [6.45, 7) is 0. The van der Waals surface area contributed by atoms with Crippen LogP contribution < -0.4 is 10.3 Å². The molecule has 0 bridgehead atoms. The third-order valence-electron chi connectivity index (χ3n) is 4.82. The number of hydrogen-bond acceptors (Lipinski definition) is 5. The van der Waals surface area contributed by atoms with Gasteiger partial charge in [0.2, 0.25) is 0 Å². The molecule has 1 N–H and O–H groups in total. The summed E-state index contributed by atoms with van der Waals surface area (Å²) in [5, 5.41) is 3.61. The number of hydrogen-bond donors (Lipinski definition) is 1. The van der Waals surface area contributed by atoms with E-state index in [4.69, 9.17) is 16.3 Å². The lowest BCUT2D eigenvalue weighted by molar-refractivity contribution is 0.417. The summed E-state index contributed by atoms with van der Waals surface area (Å²) in [4.78, 5) is 15.5. The molecule has 0 fully saturated rings. The summed E-state index contributed by atoms with van der Waals surface area (Å²) in [6, 6.07) is 12.3. The van der Waals surface area contributed by atoms with Crippen LogP contribution in [0.15, 0.2) is 57.5 Å². The van der Waals surface area contributed by atoms with E-state index in [0.717, 1.165) is 21.9 Å². The average Bonchev–Trinajstić information content (AvgIpc) is 3.22. The molecule has 0 saturated carbocycles. The van der Waals surface area contributed by atoms with Crippen LogP contribution in [0.4, 0.5) is 0 Å². The Morgan fingerprint density at radius 1 is 1.10 bits per heavy atom. The van der Waals surface area contributed by atoms with Gasteiger partial charge in [0.25, 0.3) is 5.56 Å². The van der Waals surface area contributed by atoms with Crippen molar-refractivity contribution in [3.8, 4) is 16.9 Å². The van der Waals surface area contributed by atoms with Crippen molar-refractivity contribution in [2.45, 2.75) is 11.3 Å². The number of halogens is 1. The molecule has 0 atom stereocenters. The van der Waals surface area contributed by atoms with Gasteiger partial charge in [-0.2, -0.15) is 0 Å². The normalized spacial score (nSPS) is 11.9. The van der Waals surface area contributed by atoms with E-state index in [2.05, 4.69) is 4.98 Å². The second-order valence-electron chi connectivity index (χ2n) is 6.57. The van der Waals surface area contributed by atoms with Gasteiger partial charge >= 0.3 is 0 Å². The molecule has 0 unspecified atom stereocenters. The topological polar surface area (TPSA) is 76.2 Å².